The molecule has 2 aliphatic heterocycles. The molecule has 0 spiro atoms. The summed E-state index contributed by atoms with van der Waals surface area (Å²) >= 11 is 2.77. The van der Waals surface area contributed by atoms with Crippen LogP contribution in [-0.4, -0.2) is 40.2 Å². The maximum Gasteiger partial charge on any atom is 0.301 e. The number of hydrogen-bond acceptors (Lipinski definition) is 9. The molecule has 5 aromatic rings. The van der Waals surface area contributed by atoms with Gasteiger partial charge in [-0.2, -0.15) is 0 Å². The third-order valence-electron chi connectivity index (χ3n) is 8.01. The minimum Gasteiger partial charge on any atom is -0.507 e. The number of carbonyl (C=O) groups excluding carboxylic acids is 2. The van der Waals surface area contributed by atoms with Gasteiger partial charge in [-0.1, -0.05) is 104 Å². The highest BCUT2D eigenvalue weighted by Gasteiger charge is 2.48. The molecule has 0 bridgehead atoms. The van der Waals surface area contributed by atoms with Crippen molar-refractivity contribution in [3.8, 4) is 11.5 Å². The van der Waals surface area contributed by atoms with Gasteiger partial charge in [-0.05, 0) is 51.6 Å². The van der Waals surface area contributed by atoms with Crippen molar-refractivity contribution in [1.29, 1.82) is 0 Å². The second-order valence-corrected chi connectivity index (χ2v) is 13.3. The molecule has 2 aliphatic rings. The highest BCUT2D eigenvalue weighted by atomic mass is 32.2. The number of ether oxygens (including phenoxy) is 2. The van der Waals surface area contributed by atoms with E-state index in [9.17, 15) is 14.7 Å². The van der Waals surface area contributed by atoms with Crippen LogP contribution in [0.5, 0.6) is 11.5 Å². The van der Waals surface area contributed by atoms with Gasteiger partial charge in [0.2, 0.25) is 5.13 Å². The van der Waals surface area contributed by atoms with Crippen LogP contribution in [0, 0.1) is 0 Å². The number of anilines is 1. The van der Waals surface area contributed by atoms with Gasteiger partial charge in [-0.15, -0.1) is 10.2 Å². The molecule has 7 rings (SSSR count). The van der Waals surface area contributed by atoms with Crippen molar-refractivity contribution in [1.82, 2.24) is 10.2 Å². The Hall–Kier alpha value is -4.67. The van der Waals surface area contributed by atoms with Crippen LogP contribution >= 0.6 is 23.1 Å². The number of nitrogens with zero attached hydrogens (tertiary/aromatic N) is 3. The fraction of sp³-hybridized carbons (Fsp3) is 0.200. The molecular weight excluding hydrogens is 607 g/mol. The lowest BCUT2D eigenvalue weighted by atomic mass is 9.93. The molecule has 0 aliphatic carbocycles. The third-order valence-corrected chi connectivity index (χ3v) is 10.1. The molecule has 1 fully saturated rings. The summed E-state index contributed by atoms with van der Waals surface area (Å²) in [5.41, 5.74) is 3.29. The molecular formula is C35H29N3O5S2. The zero-order valence-electron chi connectivity index (χ0n) is 24.6. The number of aromatic nitrogens is 2. The Morgan fingerprint density at radius 2 is 1.71 bits per heavy atom. The summed E-state index contributed by atoms with van der Waals surface area (Å²) < 4.78 is 12.0. The fourth-order valence-corrected chi connectivity index (χ4v) is 7.54. The van der Waals surface area contributed by atoms with Gasteiger partial charge >= 0.3 is 5.91 Å². The summed E-state index contributed by atoms with van der Waals surface area (Å²) in [5, 5.41) is 23.0. The topological polar surface area (TPSA) is 102 Å². The number of fused-ring (bicyclic) bond motifs is 2. The number of amides is 1. The van der Waals surface area contributed by atoms with Crippen LogP contribution in [0.4, 0.5) is 5.13 Å². The number of hydrogen-bond donors (Lipinski definition) is 1. The summed E-state index contributed by atoms with van der Waals surface area (Å²) in [7, 11) is 0. The smallest absolute Gasteiger partial charge is 0.301 e. The van der Waals surface area contributed by atoms with E-state index in [1.807, 2.05) is 42.5 Å². The molecule has 3 heterocycles. The second kappa shape index (κ2) is 12.0. The maximum atomic E-state index is 13.7. The summed E-state index contributed by atoms with van der Waals surface area (Å²) in [5.74, 6) is 0.137. The van der Waals surface area contributed by atoms with Crippen LogP contribution in [0.25, 0.3) is 16.5 Å². The molecule has 226 valence electrons. The first kappa shape index (κ1) is 29.1. The zero-order chi connectivity index (χ0) is 31.1. The van der Waals surface area contributed by atoms with Gasteiger partial charge in [0.25, 0.3) is 5.78 Å². The van der Waals surface area contributed by atoms with Crippen molar-refractivity contribution < 1.29 is 24.2 Å². The Morgan fingerprint density at radius 1 is 0.956 bits per heavy atom. The van der Waals surface area contributed by atoms with Crippen molar-refractivity contribution in [3.63, 3.8) is 0 Å². The van der Waals surface area contributed by atoms with Gasteiger partial charge in [-0.3, -0.25) is 14.5 Å². The number of benzene rings is 4. The Morgan fingerprint density at radius 3 is 2.51 bits per heavy atom. The first-order valence-corrected chi connectivity index (χ1v) is 16.4. The van der Waals surface area contributed by atoms with Crippen LogP contribution in [-0.2, 0) is 15.3 Å². The van der Waals surface area contributed by atoms with Crippen LogP contribution in [0.15, 0.2) is 94.8 Å². The van der Waals surface area contributed by atoms with Crippen LogP contribution in [0.2, 0.25) is 0 Å². The fourth-order valence-electron chi connectivity index (χ4n) is 5.67. The van der Waals surface area contributed by atoms with E-state index >= 15 is 0 Å². The van der Waals surface area contributed by atoms with Gasteiger partial charge in [0.1, 0.15) is 19.0 Å². The minimum absolute atomic E-state index is 0.0193. The van der Waals surface area contributed by atoms with E-state index in [0.717, 1.165) is 10.9 Å². The van der Waals surface area contributed by atoms with Crippen molar-refractivity contribution in [3.05, 3.63) is 113 Å². The Bertz CT molecular complexity index is 1960. The van der Waals surface area contributed by atoms with Crippen LogP contribution < -0.4 is 14.4 Å². The molecule has 8 nitrogen and oxygen atoms in total. The van der Waals surface area contributed by atoms with E-state index in [0.29, 0.717) is 51.9 Å². The maximum absolute atomic E-state index is 13.7. The average Bonchev–Trinajstić information content (AvgIpc) is 3.64. The molecule has 45 heavy (non-hydrogen) atoms. The van der Waals surface area contributed by atoms with E-state index in [2.05, 4.69) is 48.3 Å². The summed E-state index contributed by atoms with van der Waals surface area (Å²) in [6, 6.07) is 26.3. The lowest BCUT2D eigenvalue weighted by molar-refractivity contribution is -0.132. The lowest BCUT2D eigenvalue weighted by Crippen LogP contribution is -2.29. The van der Waals surface area contributed by atoms with E-state index < -0.39 is 17.7 Å². The first-order chi connectivity index (χ1) is 21.9. The number of rotatable bonds is 7. The molecule has 0 saturated carbocycles. The summed E-state index contributed by atoms with van der Waals surface area (Å²) in [6.07, 6.45) is 0. The van der Waals surface area contributed by atoms with Crippen molar-refractivity contribution in [2.45, 2.75) is 35.9 Å². The Balaban J connectivity index is 1.26. The molecule has 1 atom stereocenters. The second-order valence-electron chi connectivity index (χ2n) is 11.1. The van der Waals surface area contributed by atoms with E-state index in [1.54, 1.807) is 18.2 Å². The van der Waals surface area contributed by atoms with Gasteiger partial charge in [-0.25, -0.2) is 0 Å². The predicted octanol–water partition coefficient (Wildman–Crippen LogP) is 7.50. The monoisotopic (exact) mass is 635 g/mol. The number of aliphatic hydroxyl groups is 1. The minimum atomic E-state index is -0.900. The molecule has 1 saturated heterocycles. The molecule has 0 radical (unpaired) electrons. The molecule has 4 aromatic carbocycles. The molecule has 1 N–H and O–H groups in total. The highest BCUT2D eigenvalue weighted by molar-refractivity contribution is 8.00. The number of thioether (sulfide) groups is 1. The highest BCUT2D eigenvalue weighted by Crippen LogP contribution is 2.45. The average molecular weight is 636 g/mol. The van der Waals surface area contributed by atoms with Crippen molar-refractivity contribution >= 4 is 56.5 Å². The zero-order valence-corrected chi connectivity index (χ0v) is 26.2. The Kier molecular flexibility index (Phi) is 7.76. The molecule has 1 aromatic heterocycles. The number of carbonyl (C=O) groups is 2. The standard InChI is InChI=1S/C35H29N3O5S2/c1-20(2)21-10-12-23(13-11-21)30-29(31(39)24-14-15-27-28(18-24)43-17-16-42-27)32(40)33(41)38(30)34-36-37-35(45-34)44-19-25-8-5-7-22-6-3-4-9-26(22)25/h3-15,18,20,30,39H,16-17,19H2,1-2H3/b31-29+/t30-/m1/s1. The lowest BCUT2D eigenvalue weighted by Gasteiger charge is -2.23. The quantitative estimate of drug-likeness (QED) is 0.0645. The SMILES string of the molecule is CC(C)c1ccc([C@@H]2/C(=C(\O)c3ccc4c(c3)OCCO4)C(=O)C(=O)N2c2nnc(SCc3cccc4ccccc34)s2)cc1. The molecule has 10 heteroatoms. The molecule has 1 amide bonds. The first-order valence-electron chi connectivity index (χ1n) is 14.6. The van der Waals surface area contributed by atoms with Gasteiger partial charge in [0, 0.05) is 11.3 Å². The number of ketones is 1. The molecule has 0 unspecified atom stereocenters. The van der Waals surface area contributed by atoms with E-state index in [-0.39, 0.29) is 16.5 Å². The van der Waals surface area contributed by atoms with E-state index in [1.165, 1.54) is 38.9 Å². The number of aliphatic hydroxyl groups excluding tert-OH is 1. The normalized spacial score (nSPS) is 17.4. The largest absolute Gasteiger partial charge is 0.507 e. The van der Waals surface area contributed by atoms with Crippen molar-refractivity contribution in [2.24, 2.45) is 0 Å². The van der Waals surface area contributed by atoms with Gasteiger partial charge in [0.15, 0.2) is 15.8 Å². The van der Waals surface area contributed by atoms with Crippen LogP contribution in [0.3, 0.4) is 0 Å². The predicted molar refractivity (Wildman–Crippen MR) is 176 cm³/mol. The Labute approximate surface area is 268 Å². The summed E-state index contributed by atoms with van der Waals surface area (Å²) in [4.78, 5) is 28.7. The summed E-state index contributed by atoms with van der Waals surface area (Å²) in [6.45, 7) is 5.00. The van der Waals surface area contributed by atoms with E-state index in [4.69, 9.17) is 9.47 Å². The van der Waals surface area contributed by atoms with Gasteiger partial charge < -0.3 is 14.6 Å². The van der Waals surface area contributed by atoms with Crippen molar-refractivity contribution in [2.75, 3.05) is 18.1 Å². The van der Waals surface area contributed by atoms with Gasteiger partial charge in [0.05, 0.1) is 11.6 Å². The van der Waals surface area contributed by atoms with Crippen LogP contribution in [0.1, 0.15) is 48.1 Å². The number of Topliss-reactive ketones (excluding diaryl/α,β-unsaturated/α-hetero) is 1. The third kappa shape index (κ3) is 5.44.